The number of hydrogen-bond donors (Lipinski definition) is 0. The SMILES string of the molecule is CCOCC1CCCN(C(=O)C2CCC(=O)N2Cc2ccccc2)C1. The molecule has 2 unspecified atom stereocenters. The molecule has 2 atom stereocenters. The van der Waals surface area contributed by atoms with Crippen molar-refractivity contribution in [2.24, 2.45) is 5.92 Å². The second kappa shape index (κ2) is 8.48. The third kappa shape index (κ3) is 4.40. The molecule has 5 heteroatoms. The quantitative estimate of drug-likeness (QED) is 0.796. The van der Waals surface area contributed by atoms with E-state index in [1.807, 2.05) is 42.2 Å². The highest BCUT2D eigenvalue weighted by Crippen LogP contribution is 2.25. The van der Waals surface area contributed by atoms with Crippen LogP contribution in [-0.2, 0) is 20.9 Å². The maximum atomic E-state index is 13.1. The highest BCUT2D eigenvalue weighted by Gasteiger charge is 2.39. The Balaban J connectivity index is 1.64. The molecule has 0 N–H and O–H groups in total. The van der Waals surface area contributed by atoms with Crippen LogP contribution in [0, 0.1) is 5.92 Å². The fourth-order valence-corrected chi connectivity index (χ4v) is 3.87. The smallest absolute Gasteiger partial charge is 0.245 e. The average molecular weight is 344 g/mol. The molecule has 0 bridgehead atoms. The summed E-state index contributed by atoms with van der Waals surface area (Å²) in [5.41, 5.74) is 1.07. The van der Waals surface area contributed by atoms with Crippen LogP contribution in [0.1, 0.15) is 38.2 Å². The first-order chi connectivity index (χ1) is 12.2. The molecule has 2 saturated heterocycles. The second-order valence-electron chi connectivity index (χ2n) is 7.01. The summed E-state index contributed by atoms with van der Waals surface area (Å²) >= 11 is 0. The molecule has 2 heterocycles. The highest BCUT2D eigenvalue weighted by molar-refractivity contribution is 5.91. The third-order valence-corrected chi connectivity index (χ3v) is 5.20. The first-order valence-corrected chi connectivity index (χ1v) is 9.39. The maximum Gasteiger partial charge on any atom is 0.245 e. The number of ether oxygens (including phenoxy) is 1. The highest BCUT2D eigenvalue weighted by atomic mass is 16.5. The monoisotopic (exact) mass is 344 g/mol. The van der Waals surface area contributed by atoms with Crippen molar-refractivity contribution in [2.45, 2.75) is 45.2 Å². The zero-order chi connectivity index (χ0) is 17.6. The Morgan fingerprint density at radius 1 is 1.24 bits per heavy atom. The molecule has 2 aliphatic heterocycles. The number of likely N-dealkylation sites (tertiary alicyclic amines) is 2. The van der Waals surface area contributed by atoms with Gasteiger partial charge in [0.25, 0.3) is 0 Å². The van der Waals surface area contributed by atoms with Gasteiger partial charge in [-0.25, -0.2) is 0 Å². The first kappa shape index (κ1) is 17.9. The lowest BCUT2D eigenvalue weighted by Crippen LogP contribution is -2.50. The van der Waals surface area contributed by atoms with Gasteiger partial charge in [0.2, 0.25) is 11.8 Å². The number of piperidine rings is 1. The minimum absolute atomic E-state index is 0.0880. The molecule has 2 fully saturated rings. The van der Waals surface area contributed by atoms with E-state index < -0.39 is 0 Å². The van der Waals surface area contributed by atoms with Crippen LogP contribution in [0.25, 0.3) is 0 Å². The molecular formula is C20H28N2O3. The zero-order valence-electron chi connectivity index (χ0n) is 15.0. The second-order valence-corrected chi connectivity index (χ2v) is 7.01. The Labute approximate surface area is 149 Å². The molecule has 1 aromatic carbocycles. The topological polar surface area (TPSA) is 49.9 Å². The molecule has 0 aromatic heterocycles. The van der Waals surface area contributed by atoms with Crippen molar-refractivity contribution in [3.8, 4) is 0 Å². The van der Waals surface area contributed by atoms with Crippen LogP contribution in [0.2, 0.25) is 0 Å². The van der Waals surface area contributed by atoms with Gasteiger partial charge in [-0.1, -0.05) is 30.3 Å². The van der Waals surface area contributed by atoms with E-state index in [2.05, 4.69) is 0 Å². The van der Waals surface area contributed by atoms with Gasteiger partial charge in [-0.15, -0.1) is 0 Å². The fraction of sp³-hybridized carbons (Fsp3) is 0.600. The molecule has 0 radical (unpaired) electrons. The van der Waals surface area contributed by atoms with Crippen molar-refractivity contribution in [2.75, 3.05) is 26.3 Å². The van der Waals surface area contributed by atoms with Crippen LogP contribution in [0.15, 0.2) is 30.3 Å². The molecule has 3 rings (SSSR count). The van der Waals surface area contributed by atoms with E-state index in [9.17, 15) is 9.59 Å². The van der Waals surface area contributed by atoms with E-state index >= 15 is 0 Å². The lowest BCUT2D eigenvalue weighted by Gasteiger charge is -2.36. The number of carbonyl (C=O) groups is 2. The molecule has 25 heavy (non-hydrogen) atoms. The van der Waals surface area contributed by atoms with Crippen LogP contribution in [0.4, 0.5) is 0 Å². The van der Waals surface area contributed by atoms with Crippen molar-refractivity contribution in [1.82, 2.24) is 9.80 Å². The van der Waals surface area contributed by atoms with Crippen LogP contribution in [0.3, 0.4) is 0 Å². The third-order valence-electron chi connectivity index (χ3n) is 5.20. The van der Waals surface area contributed by atoms with Crippen LogP contribution < -0.4 is 0 Å². The van der Waals surface area contributed by atoms with Gasteiger partial charge in [0.15, 0.2) is 0 Å². The first-order valence-electron chi connectivity index (χ1n) is 9.39. The molecule has 2 aliphatic rings. The summed E-state index contributed by atoms with van der Waals surface area (Å²) < 4.78 is 5.54. The predicted molar refractivity (Wildman–Crippen MR) is 95.8 cm³/mol. The average Bonchev–Trinajstić information content (AvgIpc) is 3.01. The predicted octanol–water partition coefficient (Wildman–Crippen LogP) is 2.45. The Hall–Kier alpha value is -1.88. The largest absolute Gasteiger partial charge is 0.381 e. The molecule has 0 saturated carbocycles. The summed E-state index contributed by atoms with van der Waals surface area (Å²) in [6.45, 7) is 5.50. The summed E-state index contributed by atoms with van der Waals surface area (Å²) in [5.74, 6) is 0.616. The maximum absolute atomic E-state index is 13.1. The number of amides is 2. The molecule has 2 amide bonds. The van der Waals surface area contributed by atoms with Gasteiger partial charge in [0.1, 0.15) is 6.04 Å². The van der Waals surface area contributed by atoms with Gasteiger partial charge < -0.3 is 14.5 Å². The van der Waals surface area contributed by atoms with Crippen molar-refractivity contribution in [3.05, 3.63) is 35.9 Å². The Morgan fingerprint density at radius 3 is 2.80 bits per heavy atom. The van der Waals surface area contributed by atoms with Crippen LogP contribution in [0.5, 0.6) is 0 Å². The molecular weight excluding hydrogens is 316 g/mol. The minimum atomic E-state index is -0.307. The standard InChI is InChI=1S/C20H28N2O3/c1-2-25-15-17-9-6-12-21(13-17)20(24)18-10-11-19(23)22(18)14-16-7-4-3-5-8-16/h3-5,7-8,17-18H,2,6,9-15H2,1H3. The fourth-order valence-electron chi connectivity index (χ4n) is 3.87. The number of benzene rings is 1. The lowest BCUT2D eigenvalue weighted by molar-refractivity contribution is -0.143. The number of carbonyl (C=O) groups excluding carboxylic acids is 2. The molecule has 0 spiro atoms. The van der Waals surface area contributed by atoms with Crippen LogP contribution >= 0.6 is 0 Å². The molecule has 136 valence electrons. The number of rotatable bonds is 6. The van der Waals surface area contributed by atoms with Gasteiger partial charge in [-0.2, -0.15) is 0 Å². The molecule has 1 aromatic rings. The van der Waals surface area contributed by atoms with Gasteiger partial charge in [0.05, 0.1) is 6.61 Å². The summed E-state index contributed by atoms with van der Waals surface area (Å²) in [7, 11) is 0. The van der Waals surface area contributed by atoms with Crippen molar-refractivity contribution in [1.29, 1.82) is 0 Å². The van der Waals surface area contributed by atoms with Crippen LogP contribution in [-0.4, -0.2) is 54.0 Å². The van der Waals surface area contributed by atoms with Crippen molar-refractivity contribution in [3.63, 3.8) is 0 Å². The van der Waals surface area contributed by atoms with Crippen molar-refractivity contribution >= 4 is 11.8 Å². The number of hydrogen-bond acceptors (Lipinski definition) is 3. The van der Waals surface area contributed by atoms with Gasteiger partial charge >= 0.3 is 0 Å². The lowest BCUT2D eigenvalue weighted by atomic mass is 9.98. The van der Waals surface area contributed by atoms with Gasteiger partial charge in [0, 0.05) is 32.7 Å². The van der Waals surface area contributed by atoms with E-state index in [0.29, 0.717) is 31.9 Å². The summed E-state index contributed by atoms with van der Waals surface area (Å²) in [6, 6.07) is 9.60. The van der Waals surface area contributed by atoms with E-state index in [1.54, 1.807) is 4.90 Å². The van der Waals surface area contributed by atoms with E-state index in [0.717, 1.165) is 38.1 Å². The van der Waals surface area contributed by atoms with E-state index in [1.165, 1.54) is 0 Å². The Morgan fingerprint density at radius 2 is 2.04 bits per heavy atom. The van der Waals surface area contributed by atoms with E-state index in [4.69, 9.17) is 4.74 Å². The Bertz CT molecular complexity index is 590. The van der Waals surface area contributed by atoms with Gasteiger partial charge in [-0.05, 0) is 37.7 Å². The normalized spacial score (nSPS) is 24.0. The summed E-state index contributed by atoms with van der Waals surface area (Å²) in [4.78, 5) is 29.1. The van der Waals surface area contributed by atoms with Crippen molar-refractivity contribution < 1.29 is 14.3 Å². The summed E-state index contributed by atoms with van der Waals surface area (Å²) in [6.07, 6.45) is 3.24. The Kier molecular flexibility index (Phi) is 6.08. The summed E-state index contributed by atoms with van der Waals surface area (Å²) in [5, 5.41) is 0. The molecule has 5 nitrogen and oxygen atoms in total. The minimum Gasteiger partial charge on any atom is -0.381 e. The van der Waals surface area contributed by atoms with Gasteiger partial charge in [-0.3, -0.25) is 9.59 Å². The zero-order valence-corrected chi connectivity index (χ0v) is 15.0. The molecule has 0 aliphatic carbocycles. The number of nitrogens with zero attached hydrogens (tertiary/aromatic N) is 2. The van der Waals surface area contributed by atoms with E-state index in [-0.39, 0.29) is 17.9 Å².